The van der Waals surface area contributed by atoms with Crippen LogP contribution in [0.5, 0.6) is 0 Å². The van der Waals surface area contributed by atoms with E-state index in [2.05, 4.69) is 36.6 Å². The Kier molecular flexibility index (Phi) is 4.47. The van der Waals surface area contributed by atoms with Gasteiger partial charge >= 0.3 is 5.97 Å². The lowest BCUT2D eigenvalue weighted by molar-refractivity contribution is -0.137. The molecule has 0 bridgehead atoms. The molecule has 0 atom stereocenters. The lowest BCUT2D eigenvalue weighted by Crippen LogP contribution is -2.17. The molecule has 0 aliphatic carbocycles. The Labute approximate surface area is 104 Å². The highest BCUT2D eigenvalue weighted by Crippen LogP contribution is 2.24. The second-order valence-electron chi connectivity index (χ2n) is 2.68. The molecule has 15 heavy (non-hydrogen) atoms. The van der Waals surface area contributed by atoms with Gasteiger partial charge in [-0.3, -0.25) is 4.79 Å². The third-order valence-electron chi connectivity index (χ3n) is 1.64. The molecule has 0 amide bonds. The lowest BCUT2D eigenvalue weighted by Gasteiger charge is -2.02. The Bertz CT molecular complexity index is 402. The number of esters is 1. The molecule has 1 aromatic rings. The van der Waals surface area contributed by atoms with E-state index in [-0.39, 0.29) is 6.61 Å². The van der Waals surface area contributed by atoms with Crippen LogP contribution in [0.3, 0.4) is 0 Å². The van der Waals surface area contributed by atoms with Gasteiger partial charge in [-0.25, -0.2) is 4.79 Å². The van der Waals surface area contributed by atoms with Crippen LogP contribution >= 0.6 is 31.9 Å². The number of carbonyl (C=O) groups is 2. The monoisotopic (exact) mass is 334 g/mol. The number of Topliss-reactive ketones (excluding diaryl/α,β-unsaturated/α-hetero) is 1. The fraction of sp³-hybridized carbons (Fsp3) is 0.200. The SMILES string of the molecule is CCOC(=O)C(=O)c1ccc(Br)c(Br)c1. The summed E-state index contributed by atoms with van der Waals surface area (Å²) in [5.41, 5.74) is 0.309. The third kappa shape index (κ3) is 3.14. The van der Waals surface area contributed by atoms with Crippen molar-refractivity contribution in [2.75, 3.05) is 6.61 Å². The largest absolute Gasteiger partial charge is 0.460 e. The standard InChI is InChI=1S/C10H8Br2O3/c1-2-15-10(14)9(13)6-3-4-7(11)8(12)5-6/h3-5H,2H2,1H3. The summed E-state index contributed by atoms with van der Waals surface area (Å²) in [7, 11) is 0. The molecule has 3 nitrogen and oxygen atoms in total. The highest BCUT2D eigenvalue weighted by atomic mass is 79.9. The van der Waals surface area contributed by atoms with Gasteiger partial charge in [0, 0.05) is 14.5 Å². The molecule has 0 radical (unpaired) electrons. The molecule has 0 saturated heterocycles. The van der Waals surface area contributed by atoms with Gasteiger partial charge in [0.05, 0.1) is 6.61 Å². The third-order valence-corrected chi connectivity index (χ3v) is 3.52. The predicted molar refractivity (Wildman–Crippen MR) is 62.8 cm³/mol. The quantitative estimate of drug-likeness (QED) is 0.484. The predicted octanol–water partition coefficient (Wildman–Crippen LogP) is 2.96. The molecule has 0 N–H and O–H groups in total. The summed E-state index contributed by atoms with van der Waals surface area (Å²) in [6, 6.07) is 4.83. The molecule has 0 fully saturated rings. The van der Waals surface area contributed by atoms with Crippen LogP contribution in [0.1, 0.15) is 17.3 Å². The Morgan fingerprint density at radius 3 is 2.47 bits per heavy atom. The second-order valence-corrected chi connectivity index (χ2v) is 4.39. The van der Waals surface area contributed by atoms with E-state index in [0.717, 1.165) is 8.95 Å². The first-order valence-electron chi connectivity index (χ1n) is 4.22. The van der Waals surface area contributed by atoms with Crippen molar-refractivity contribution in [3.63, 3.8) is 0 Å². The van der Waals surface area contributed by atoms with Crippen LogP contribution in [0, 0.1) is 0 Å². The zero-order chi connectivity index (χ0) is 11.4. The first-order chi connectivity index (χ1) is 7.06. The molecule has 0 saturated carbocycles. The van der Waals surface area contributed by atoms with Gasteiger partial charge in [0.15, 0.2) is 0 Å². The fourth-order valence-corrected chi connectivity index (χ4v) is 1.58. The van der Waals surface area contributed by atoms with Crippen molar-refractivity contribution in [3.05, 3.63) is 32.7 Å². The molecular formula is C10H8Br2O3. The molecule has 5 heteroatoms. The van der Waals surface area contributed by atoms with E-state index >= 15 is 0 Å². The van der Waals surface area contributed by atoms with Crippen LogP contribution in [0.4, 0.5) is 0 Å². The van der Waals surface area contributed by atoms with E-state index in [1.807, 2.05) is 0 Å². The van der Waals surface area contributed by atoms with Gasteiger partial charge in [0.1, 0.15) is 0 Å². The van der Waals surface area contributed by atoms with Crippen molar-refractivity contribution >= 4 is 43.6 Å². The number of hydrogen-bond donors (Lipinski definition) is 0. The maximum atomic E-state index is 11.5. The van der Waals surface area contributed by atoms with E-state index in [9.17, 15) is 9.59 Å². The van der Waals surface area contributed by atoms with E-state index in [4.69, 9.17) is 0 Å². The number of halogens is 2. The molecule has 0 aliphatic heterocycles. The number of rotatable bonds is 3. The minimum absolute atomic E-state index is 0.197. The molecule has 0 aliphatic rings. The average Bonchev–Trinajstić information content (AvgIpc) is 2.21. The van der Waals surface area contributed by atoms with Crippen molar-refractivity contribution in [1.29, 1.82) is 0 Å². The Morgan fingerprint density at radius 2 is 1.93 bits per heavy atom. The number of benzene rings is 1. The zero-order valence-electron chi connectivity index (χ0n) is 7.92. The van der Waals surface area contributed by atoms with Crippen LogP contribution in [0.25, 0.3) is 0 Å². The summed E-state index contributed by atoms with van der Waals surface area (Å²) in [6.45, 7) is 1.85. The average molecular weight is 336 g/mol. The molecule has 1 rings (SSSR count). The van der Waals surface area contributed by atoms with Crippen molar-refractivity contribution in [3.8, 4) is 0 Å². The van der Waals surface area contributed by atoms with Gasteiger partial charge in [-0.15, -0.1) is 0 Å². The van der Waals surface area contributed by atoms with E-state index in [1.54, 1.807) is 25.1 Å². The maximum Gasteiger partial charge on any atom is 0.379 e. The van der Waals surface area contributed by atoms with E-state index in [1.165, 1.54) is 0 Å². The maximum absolute atomic E-state index is 11.5. The van der Waals surface area contributed by atoms with Crippen LogP contribution in [0.15, 0.2) is 27.1 Å². The first-order valence-corrected chi connectivity index (χ1v) is 5.81. The molecular weight excluding hydrogens is 328 g/mol. The molecule has 0 spiro atoms. The second kappa shape index (κ2) is 5.42. The van der Waals surface area contributed by atoms with Gasteiger partial charge in [-0.1, -0.05) is 0 Å². The normalized spacial score (nSPS) is 9.80. The number of hydrogen-bond acceptors (Lipinski definition) is 3. The fourth-order valence-electron chi connectivity index (χ4n) is 0.952. The summed E-state index contributed by atoms with van der Waals surface area (Å²) < 4.78 is 6.15. The molecule has 1 aromatic carbocycles. The van der Waals surface area contributed by atoms with Gasteiger partial charge in [-0.2, -0.15) is 0 Å². The van der Waals surface area contributed by atoms with Crippen molar-refractivity contribution in [1.82, 2.24) is 0 Å². The highest BCUT2D eigenvalue weighted by molar-refractivity contribution is 9.13. The minimum atomic E-state index is -0.827. The van der Waals surface area contributed by atoms with Gasteiger partial charge in [0.25, 0.3) is 5.78 Å². The van der Waals surface area contributed by atoms with Gasteiger partial charge < -0.3 is 4.74 Å². The Hall–Kier alpha value is -0.680. The zero-order valence-corrected chi connectivity index (χ0v) is 11.1. The Balaban J connectivity index is 2.92. The smallest absolute Gasteiger partial charge is 0.379 e. The summed E-state index contributed by atoms with van der Waals surface area (Å²) in [5, 5.41) is 0. The molecule has 0 unspecified atom stereocenters. The molecule has 80 valence electrons. The topological polar surface area (TPSA) is 43.4 Å². The van der Waals surface area contributed by atoms with Gasteiger partial charge in [-0.05, 0) is 57.0 Å². The first kappa shape index (κ1) is 12.4. The molecule has 0 heterocycles. The van der Waals surface area contributed by atoms with Crippen LogP contribution in [-0.2, 0) is 9.53 Å². The Morgan fingerprint density at radius 1 is 1.27 bits per heavy atom. The number of ether oxygens (including phenoxy) is 1. The summed E-state index contributed by atoms with van der Waals surface area (Å²) in [5.74, 6) is -1.46. The number of ketones is 1. The number of carbonyl (C=O) groups excluding carboxylic acids is 2. The summed E-state index contributed by atoms with van der Waals surface area (Å²) >= 11 is 6.52. The van der Waals surface area contributed by atoms with Crippen molar-refractivity contribution in [2.45, 2.75) is 6.92 Å². The van der Waals surface area contributed by atoms with Gasteiger partial charge in [0.2, 0.25) is 0 Å². The van der Waals surface area contributed by atoms with Crippen LogP contribution in [-0.4, -0.2) is 18.4 Å². The summed E-state index contributed by atoms with van der Waals surface area (Å²) in [6.07, 6.45) is 0. The van der Waals surface area contributed by atoms with E-state index in [0.29, 0.717) is 5.56 Å². The van der Waals surface area contributed by atoms with Crippen molar-refractivity contribution < 1.29 is 14.3 Å². The molecule has 0 aromatic heterocycles. The van der Waals surface area contributed by atoms with Crippen LogP contribution < -0.4 is 0 Å². The van der Waals surface area contributed by atoms with Crippen LogP contribution in [0.2, 0.25) is 0 Å². The lowest BCUT2D eigenvalue weighted by atomic mass is 10.1. The van der Waals surface area contributed by atoms with E-state index < -0.39 is 11.8 Å². The minimum Gasteiger partial charge on any atom is -0.460 e. The van der Waals surface area contributed by atoms with Crippen molar-refractivity contribution in [2.24, 2.45) is 0 Å². The highest BCUT2D eigenvalue weighted by Gasteiger charge is 2.17. The summed E-state index contributed by atoms with van der Waals surface area (Å²) in [4.78, 5) is 22.6.